The van der Waals surface area contributed by atoms with Crippen molar-refractivity contribution in [3.8, 4) is 0 Å². The van der Waals surface area contributed by atoms with Crippen molar-refractivity contribution in [1.82, 2.24) is 9.73 Å². The Labute approximate surface area is 226 Å². The summed E-state index contributed by atoms with van der Waals surface area (Å²) in [6.45, 7) is -0.862. The first-order valence-electron chi connectivity index (χ1n) is 9.93. The summed E-state index contributed by atoms with van der Waals surface area (Å²) in [6.07, 6.45) is 1.11. The van der Waals surface area contributed by atoms with Crippen LogP contribution in [-0.4, -0.2) is 36.3 Å². The van der Waals surface area contributed by atoms with Crippen molar-refractivity contribution in [3.63, 3.8) is 0 Å². The van der Waals surface area contributed by atoms with Gasteiger partial charge in [-0.15, -0.1) is 0 Å². The van der Waals surface area contributed by atoms with Gasteiger partial charge in [0.25, 0.3) is 11.6 Å². The minimum absolute atomic E-state index is 0.0864. The van der Waals surface area contributed by atoms with E-state index < -0.39 is 27.4 Å². The lowest BCUT2D eigenvalue weighted by molar-refractivity contribution is -0.384. The Morgan fingerprint density at radius 1 is 0.972 bits per heavy atom. The average Bonchev–Trinajstić information content (AvgIpc) is 2.81. The van der Waals surface area contributed by atoms with E-state index in [9.17, 15) is 23.3 Å². The van der Waals surface area contributed by atoms with E-state index in [0.717, 1.165) is 10.5 Å². The number of nitrogens with one attached hydrogen (secondary N) is 1. The van der Waals surface area contributed by atoms with Crippen molar-refractivity contribution in [1.29, 1.82) is 0 Å². The number of benzene rings is 3. The second-order valence-corrected chi connectivity index (χ2v) is 10.8. The molecule has 0 aliphatic carbocycles. The first-order chi connectivity index (χ1) is 17.0. The highest BCUT2D eigenvalue weighted by Crippen LogP contribution is 2.26. The van der Waals surface area contributed by atoms with E-state index in [4.69, 9.17) is 46.4 Å². The zero-order valence-electron chi connectivity index (χ0n) is 18.1. The summed E-state index contributed by atoms with van der Waals surface area (Å²) in [7, 11) is -4.16. The molecule has 36 heavy (non-hydrogen) atoms. The molecule has 9 nitrogen and oxygen atoms in total. The van der Waals surface area contributed by atoms with Gasteiger partial charge < -0.3 is 0 Å². The van der Waals surface area contributed by atoms with Gasteiger partial charge in [-0.1, -0.05) is 52.5 Å². The molecule has 3 aromatic carbocycles. The highest BCUT2D eigenvalue weighted by atomic mass is 35.5. The van der Waals surface area contributed by atoms with Crippen molar-refractivity contribution in [2.24, 2.45) is 5.10 Å². The zero-order valence-corrected chi connectivity index (χ0v) is 21.9. The third-order valence-corrected chi connectivity index (χ3v) is 7.71. The maximum atomic E-state index is 13.3. The lowest BCUT2D eigenvalue weighted by Crippen LogP contribution is -2.39. The van der Waals surface area contributed by atoms with Crippen LogP contribution >= 0.6 is 46.4 Å². The molecule has 0 saturated carbocycles. The zero-order chi connectivity index (χ0) is 26.5. The van der Waals surface area contributed by atoms with Gasteiger partial charge in [-0.05, 0) is 48.0 Å². The van der Waals surface area contributed by atoms with Crippen LogP contribution in [0.4, 0.5) is 5.69 Å². The van der Waals surface area contributed by atoms with Crippen LogP contribution in [0, 0.1) is 10.1 Å². The molecule has 188 valence electrons. The topological polar surface area (TPSA) is 122 Å². The van der Waals surface area contributed by atoms with Crippen LogP contribution in [0.15, 0.2) is 70.7 Å². The van der Waals surface area contributed by atoms with E-state index in [1.807, 2.05) is 0 Å². The Hall–Kier alpha value is -2.73. The molecule has 1 N–H and O–H groups in total. The summed E-state index contributed by atoms with van der Waals surface area (Å²) in [5, 5.41) is 15.8. The Balaban J connectivity index is 1.83. The number of halogens is 4. The number of hydrogen-bond acceptors (Lipinski definition) is 6. The molecule has 0 spiro atoms. The molecule has 0 aliphatic rings. The van der Waals surface area contributed by atoms with Gasteiger partial charge in [0, 0.05) is 44.3 Å². The van der Waals surface area contributed by atoms with Crippen molar-refractivity contribution in [3.05, 3.63) is 102 Å². The van der Waals surface area contributed by atoms with Crippen molar-refractivity contribution >= 4 is 74.2 Å². The van der Waals surface area contributed by atoms with Crippen molar-refractivity contribution in [2.45, 2.75) is 11.4 Å². The lowest BCUT2D eigenvalue weighted by Gasteiger charge is -2.22. The second kappa shape index (κ2) is 12.0. The number of nitrogens with zero attached hydrogens (tertiary/aromatic N) is 3. The normalized spacial score (nSPS) is 11.7. The van der Waals surface area contributed by atoms with Gasteiger partial charge >= 0.3 is 0 Å². The van der Waals surface area contributed by atoms with Crippen LogP contribution in [0.25, 0.3) is 0 Å². The van der Waals surface area contributed by atoms with Crippen LogP contribution in [0.1, 0.15) is 11.1 Å². The van der Waals surface area contributed by atoms with E-state index in [2.05, 4.69) is 10.5 Å². The molecular formula is C22H16Cl4N4O5S. The molecule has 0 heterocycles. The van der Waals surface area contributed by atoms with Crippen LogP contribution in [0.2, 0.25) is 20.1 Å². The van der Waals surface area contributed by atoms with E-state index >= 15 is 0 Å². The molecular weight excluding hydrogens is 574 g/mol. The number of nitro benzene ring substituents is 1. The molecule has 3 aromatic rings. The SMILES string of the molecule is O=C(CN(Cc1ccc(Cl)cc1Cl)S(=O)(=O)c1ccc(Cl)cc1)N/N=C\c1cc([N+](=O)[O-])ccc1Cl. The fraction of sp³-hybridized carbons (Fsp3) is 0.0909. The van der Waals surface area contributed by atoms with E-state index in [0.29, 0.717) is 15.6 Å². The molecule has 0 bridgehead atoms. The van der Waals surface area contributed by atoms with Gasteiger partial charge in [-0.3, -0.25) is 14.9 Å². The molecule has 1 amide bonds. The Morgan fingerprint density at radius 2 is 1.64 bits per heavy atom. The second-order valence-electron chi connectivity index (χ2n) is 7.22. The van der Waals surface area contributed by atoms with Gasteiger partial charge in [-0.25, -0.2) is 13.8 Å². The maximum Gasteiger partial charge on any atom is 0.270 e. The Morgan fingerprint density at radius 3 is 2.28 bits per heavy atom. The Kier molecular flexibility index (Phi) is 9.29. The molecule has 0 saturated heterocycles. The lowest BCUT2D eigenvalue weighted by atomic mass is 10.2. The number of sulfonamides is 1. The van der Waals surface area contributed by atoms with Crippen molar-refractivity contribution in [2.75, 3.05) is 6.54 Å². The molecule has 0 aromatic heterocycles. The van der Waals surface area contributed by atoms with Crippen LogP contribution in [-0.2, 0) is 21.4 Å². The Bertz CT molecular complexity index is 1430. The molecule has 3 rings (SSSR count). The van der Waals surface area contributed by atoms with Gasteiger partial charge in [0.2, 0.25) is 10.0 Å². The minimum Gasteiger partial charge on any atom is -0.272 e. The summed E-state index contributed by atoms with van der Waals surface area (Å²) < 4.78 is 27.5. The molecule has 0 aliphatic heterocycles. The maximum absolute atomic E-state index is 13.3. The van der Waals surface area contributed by atoms with E-state index in [-0.39, 0.29) is 32.7 Å². The van der Waals surface area contributed by atoms with E-state index in [1.54, 1.807) is 12.1 Å². The third kappa shape index (κ3) is 7.16. The summed E-state index contributed by atoms with van der Waals surface area (Å²) in [5.41, 5.74) is 2.58. The number of nitro groups is 1. The summed E-state index contributed by atoms with van der Waals surface area (Å²) in [5.74, 6) is -0.782. The minimum atomic E-state index is -4.16. The molecule has 0 fully saturated rings. The molecule has 0 unspecified atom stereocenters. The molecule has 0 radical (unpaired) electrons. The van der Waals surface area contributed by atoms with Gasteiger partial charge in [0.1, 0.15) is 0 Å². The predicted molar refractivity (Wildman–Crippen MR) is 139 cm³/mol. The van der Waals surface area contributed by atoms with E-state index in [1.165, 1.54) is 48.5 Å². The fourth-order valence-electron chi connectivity index (χ4n) is 2.93. The highest BCUT2D eigenvalue weighted by Gasteiger charge is 2.27. The van der Waals surface area contributed by atoms with Gasteiger partial charge in [0.05, 0.1) is 22.6 Å². The highest BCUT2D eigenvalue weighted by molar-refractivity contribution is 7.89. The first-order valence-corrected chi connectivity index (χ1v) is 12.9. The van der Waals surface area contributed by atoms with Gasteiger partial charge in [0.15, 0.2) is 0 Å². The first kappa shape index (κ1) is 27.9. The number of hydrogen-bond donors (Lipinski definition) is 1. The number of rotatable bonds is 9. The number of hydrazone groups is 1. The van der Waals surface area contributed by atoms with Gasteiger partial charge in [-0.2, -0.15) is 9.41 Å². The molecule has 14 heteroatoms. The van der Waals surface area contributed by atoms with Crippen molar-refractivity contribution < 1.29 is 18.1 Å². The summed E-state index contributed by atoms with van der Waals surface area (Å²) in [6, 6.07) is 13.7. The van der Waals surface area contributed by atoms with Crippen LogP contribution < -0.4 is 5.43 Å². The predicted octanol–water partition coefficient (Wildman–Crippen LogP) is 5.55. The standard InChI is InChI=1S/C22H16Cl4N4O5S/c23-16-3-6-19(7-4-16)36(34,35)29(12-14-1-2-17(24)10-21(14)26)13-22(31)28-27-11-15-9-18(30(32)33)5-8-20(15)25/h1-11H,12-13H2,(H,28,31)/b27-11-. The smallest absolute Gasteiger partial charge is 0.270 e. The quantitative estimate of drug-likeness (QED) is 0.199. The largest absolute Gasteiger partial charge is 0.272 e. The number of non-ortho nitro benzene ring substituents is 1. The fourth-order valence-corrected chi connectivity index (χ4v) is 5.07. The van der Waals surface area contributed by atoms with Crippen LogP contribution in [0.3, 0.4) is 0 Å². The summed E-state index contributed by atoms with van der Waals surface area (Å²) >= 11 is 24.0. The number of carbonyl (C=O) groups is 1. The average molecular weight is 590 g/mol. The monoisotopic (exact) mass is 588 g/mol. The number of amides is 1. The third-order valence-electron chi connectivity index (χ3n) is 4.72. The van der Waals surface area contributed by atoms with Crippen LogP contribution in [0.5, 0.6) is 0 Å². The summed E-state index contributed by atoms with van der Waals surface area (Å²) in [4.78, 5) is 22.9. The molecule has 0 atom stereocenters. The number of carbonyl (C=O) groups excluding carboxylic acids is 1.